The molecule has 2 heterocycles. The second-order valence-electron chi connectivity index (χ2n) is 7.12. The summed E-state index contributed by atoms with van der Waals surface area (Å²) in [7, 11) is 0. The third kappa shape index (κ3) is 6.27. The molecule has 32 heavy (non-hydrogen) atoms. The lowest BCUT2D eigenvalue weighted by Crippen LogP contribution is -2.26. The average Bonchev–Trinajstić information content (AvgIpc) is 2.78. The minimum Gasteiger partial charge on any atom is -0.492 e. The predicted molar refractivity (Wildman–Crippen MR) is 124 cm³/mol. The molecule has 0 unspecified atom stereocenters. The van der Waals surface area contributed by atoms with E-state index in [-0.39, 0.29) is 34.5 Å². The van der Waals surface area contributed by atoms with Crippen molar-refractivity contribution in [2.45, 2.75) is 45.0 Å². The zero-order chi connectivity index (χ0) is 22.9. The summed E-state index contributed by atoms with van der Waals surface area (Å²) in [5.74, 6) is 0.445. The lowest BCUT2D eigenvalue weighted by Gasteiger charge is -2.14. The van der Waals surface area contributed by atoms with E-state index in [1.807, 2.05) is 32.9 Å². The van der Waals surface area contributed by atoms with Crippen LogP contribution in [0.5, 0.6) is 5.75 Å². The van der Waals surface area contributed by atoms with E-state index >= 15 is 0 Å². The van der Waals surface area contributed by atoms with Crippen LogP contribution in [-0.2, 0) is 16.1 Å². The maximum absolute atomic E-state index is 13.0. The van der Waals surface area contributed by atoms with E-state index in [9.17, 15) is 9.59 Å². The van der Waals surface area contributed by atoms with Gasteiger partial charge in [0.15, 0.2) is 16.3 Å². The van der Waals surface area contributed by atoms with Crippen LogP contribution >= 0.6 is 11.8 Å². The molecular weight excluding hydrogens is 430 g/mol. The largest absolute Gasteiger partial charge is 0.492 e. The SMILES string of the molecule is CCOc1ccccc1NC(=O)CSc1nc2nccnc2c(=O)n1CCCOC(C)C. The number of nitrogens with one attached hydrogen (secondary N) is 1. The Morgan fingerprint density at radius 2 is 2.00 bits per heavy atom. The van der Waals surface area contributed by atoms with Gasteiger partial charge in [0.1, 0.15) is 5.75 Å². The number of aromatic nitrogens is 4. The second kappa shape index (κ2) is 11.6. The minimum absolute atomic E-state index is 0.0706. The van der Waals surface area contributed by atoms with Crippen molar-refractivity contribution in [3.63, 3.8) is 0 Å². The van der Waals surface area contributed by atoms with Gasteiger partial charge in [0.05, 0.1) is 24.2 Å². The number of hydrogen-bond acceptors (Lipinski definition) is 8. The smallest absolute Gasteiger partial charge is 0.282 e. The second-order valence-corrected chi connectivity index (χ2v) is 8.06. The van der Waals surface area contributed by atoms with Crippen LogP contribution in [0.4, 0.5) is 5.69 Å². The van der Waals surface area contributed by atoms with Gasteiger partial charge in [-0.05, 0) is 39.3 Å². The molecule has 0 spiro atoms. The maximum atomic E-state index is 13.0. The molecule has 0 radical (unpaired) electrons. The molecule has 1 aromatic carbocycles. The number of amides is 1. The molecule has 1 amide bonds. The highest BCUT2D eigenvalue weighted by molar-refractivity contribution is 7.99. The molecule has 0 aliphatic rings. The fourth-order valence-corrected chi connectivity index (χ4v) is 3.76. The van der Waals surface area contributed by atoms with Gasteiger partial charge in [-0.2, -0.15) is 0 Å². The Morgan fingerprint density at radius 3 is 2.78 bits per heavy atom. The van der Waals surface area contributed by atoms with Crippen LogP contribution in [0.1, 0.15) is 27.2 Å². The Hall–Kier alpha value is -2.98. The number of fused-ring (bicyclic) bond motifs is 1. The first-order valence-corrected chi connectivity index (χ1v) is 11.5. The van der Waals surface area contributed by atoms with Crippen LogP contribution in [-0.4, -0.2) is 50.5 Å². The third-order valence-electron chi connectivity index (χ3n) is 4.33. The topological polar surface area (TPSA) is 108 Å². The van der Waals surface area contributed by atoms with Crippen LogP contribution in [0.15, 0.2) is 46.6 Å². The van der Waals surface area contributed by atoms with E-state index in [2.05, 4.69) is 20.3 Å². The summed E-state index contributed by atoms with van der Waals surface area (Å²) < 4.78 is 12.7. The van der Waals surface area contributed by atoms with Crippen molar-refractivity contribution in [2.24, 2.45) is 0 Å². The van der Waals surface area contributed by atoms with Gasteiger partial charge < -0.3 is 14.8 Å². The summed E-state index contributed by atoms with van der Waals surface area (Å²) in [6.45, 7) is 7.22. The van der Waals surface area contributed by atoms with Crippen LogP contribution in [0.3, 0.4) is 0 Å². The normalized spacial score (nSPS) is 11.1. The molecule has 3 rings (SSSR count). The highest BCUT2D eigenvalue weighted by atomic mass is 32.2. The van der Waals surface area contributed by atoms with Gasteiger partial charge in [0, 0.05) is 25.5 Å². The molecule has 0 saturated heterocycles. The number of nitrogens with zero attached hydrogens (tertiary/aromatic N) is 4. The van der Waals surface area contributed by atoms with Crippen molar-refractivity contribution in [3.8, 4) is 5.75 Å². The highest BCUT2D eigenvalue weighted by Gasteiger charge is 2.15. The summed E-state index contributed by atoms with van der Waals surface area (Å²) in [5.41, 5.74) is 0.784. The molecule has 1 N–H and O–H groups in total. The molecule has 0 aliphatic heterocycles. The minimum atomic E-state index is -0.280. The van der Waals surface area contributed by atoms with Crippen LogP contribution in [0, 0.1) is 0 Å². The number of anilines is 1. The summed E-state index contributed by atoms with van der Waals surface area (Å²) in [5, 5.41) is 3.27. The maximum Gasteiger partial charge on any atom is 0.282 e. The van der Waals surface area contributed by atoms with Crippen molar-refractivity contribution in [2.75, 3.05) is 24.3 Å². The molecule has 170 valence electrons. The van der Waals surface area contributed by atoms with Crippen molar-refractivity contribution >= 4 is 34.5 Å². The number of thioether (sulfide) groups is 1. The van der Waals surface area contributed by atoms with E-state index in [0.717, 1.165) is 0 Å². The van der Waals surface area contributed by atoms with Gasteiger partial charge in [-0.25, -0.2) is 15.0 Å². The predicted octanol–water partition coefficient (Wildman–Crippen LogP) is 3.13. The first-order chi connectivity index (χ1) is 15.5. The van der Waals surface area contributed by atoms with Gasteiger partial charge in [-0.15, -0.1) is 0 Å². The van der Waals surface area contributed by atoms with Crippen molar-refractivity contribution in [1.82, 2.24) is 19.5 Å². The van der Waals surface area contributed by atoms with Gasteiger partial charge in [0.25, 0.3) is 5.56 Å². The molecule has 9 nitrogen and oxygen atoms in total. The molecule has 0 atom stereocenters. The van der Waals surface area contributed by atoms with Crippen molar-refractivity contribution in [3.05, 3.63) is 47.0 Å². The zero-order valence-corrected chi connectivity index (χ0v) is 19.2. The number of carbonyl (C=O) groups is 1. The Bertz CT molecular complexity index is 1120. The Labute approximate surface area is 190 Å². The number of rotatable bonds is 11. The Kier molecular flexibility index (Phi) is 8.57. The summed E-state index contributed by atoms with van der Waals surface area (Å²) in [6, 6.07) is 7.25. The molecule has 0 fully saturated rings. The van der Waals surface area contributed by atoms with Gasteiger partial charge in [-0.3, -0.25) is 14.2 Å². The first-order valence-electron chi connectivity index (χ1n) is 10.5. The summed E-state index contributed by atoms with van der Waals surface area (Å²) in [6.07, 6.45) is 3.70. The standard InChI is InChI=1S/C22H27N5O4S/c1-4-30-17-9-6-5-8-16(17)25-18(28)14-32-22-26-20-19(23-10-11-24-20)21(29)27(22)12-7-13-31-15(2)3/h5-6,8-11,15H,4,7,12-14H2,1-3H3,(H,25,28). The lowest BCUT2D eigenvalue weighted by atomic mass is 10.3. The molecule has 0 bridgehead atoms. The first kappa shape index (κ1) is 23.7. The number of hydrogen-bond donors (Lipinski definition) is 1. The monoisotopic (exact) mass is 457 g/mol. The third-order valence-corrected chi connectivity index (χ3v) is 5.31. The lowest BCUT2D eigenvalue weighted by molar-refractivity contribution is -0.113. The number of para-hydroxylation sites is 2. The number of benzene rings is 1. The van der Waals surface area contributed by atoms with Crippen LogP contribution in [0.25, 0.3) is 11.2 Å². The van der Waals surface area contributed by atoms with E-state index in [1.165, 1.54) is 28.7 Å². The molecule has 0 saturated carbocycles. The Balaban J connectivity index is 1.76. The fourth-order valence-electron chi connectivity index (χ4n) is 2.95. The van der Waals surface area contributed by atoms with E-state index in [0.29, 0.717) is 42.8 Å². The van der Waals surface area contributed by atoms with Gasteiger partial charge >= 0.3 is 0 Å². The number of ether oxygens (including phenoxy) is 2. The van der Waals surface area contributed by atoms with E-state index < -0.39 is 0 Å². The molecule has 3 aromatic rings. The van der Waals surface area contributed by atoms with Crippen molar-refractivity contribution in [1.29, 1.82) is 0 Å². The van der Waals surface area contributed by atoms with E-state index in [4.69, 9.17) is 9.47 Å². The Morgan fingerprint density at radius 1 is 1.22 bits per heavy atom. The number of carbonyl (C=O) groups excluding carboxylic acids is 1. The van der Waals surface area contributed by atoms with Gasteiger partial charge in [-0.1, -0.05) is 23.9 Å². The quantitative estimate of drug-likeness (QED) is 0.266. The molecule has 2 aromatic heterocycles. The van der Waals surface area contributed by atoms with Crippen LogP contribution in [0.2, 0.25) is 0 Å². The highest BCUT2D eigenvalue weighted by Crippen LogP contribution is 2.24. The molecule has 10 heteroatoms. The fraction of sp³-hybridized carbons (Fsp3) is 0.409. The molecule has 0 aliphatic carbocycles. The van der Waals surface area contributed by atoms with Crippen molar-refractivity contribution < 1.29 is 14.3 Å². The average molecular weight is 458 g/mol. The summed E-state index contributed by atoms with van der Waals surface area (Å²) >= 11 is 1.18. The molecular formula is C22H27N5O4S. The summed E-state index contributed by atoms with van der Waals surface area (Å²) in [4.78, 5) is 38.3. The van der Waals surface area contributed by atoms with Crippen LogP contribution < -0.4 is 15.6 Å². The zero-order valence-electron chi connectivity index (χ0n) is 18.4. The van der Waals surface area contributed by atoms with Gasteiger partial charge in [0.2, 0.25) is 5.91 Å². The van der Waals surface area contributed by atoms with E-state index in [1.54, 1.807) is 12.1 Å².